The quantitative estimate of drug-likeness (QED) is 0.0805. The molecule has 0 spiro atoms. The fraction of sp³-hybridized carbons (Fsp3) is 0.0450. The first-order valence-electron chi connectivity index (χ1n) is 41.1. The lowest BCUT2D eigenvalue weighted by Gasteiger charge is -2.30. The Morgan fingerprint density at radius 3 is 0.908 bits per heavy atom. The summed E-state index contributed by atoms with van der Waals surface area (Å²) in [5.41, 5.74) is 33.7. The number of aromatic nitrogens is 3. The van der Waals surface area contributed by atoms with Crippen LogP contribution in [0.15, 0.2) is 425 Å². The van der Waals surface area contributed by atoms with Gasteiger partial charge in [-0.05, 0) is 328 Å². The van der Waals surface area contributed by atoms with Crippen LogP contribution in [0.25, 0.3) is 88.8 Å². The minimum Gasteiger partial charge on any atom is -0.310 e. The van der Waals surface area contributed by atoms with Crippen molar-refractivity contribution in [3.8, 4) is 28.2 Å². The number of nitrogens with zero attached hydrogens (tertiary/aromatic N) is 8. The van der Waals surface area contributed by atoms with E-state index in [0.717, 1.165) is 143 Å². The highest BCUT2D eigenvalue weighted by molar-refractivity contribution is 6.11. The molecule has 0 N–H and O–H groups in total. The van der Waals surface area contributed by atoms with Crippen molar-refractivity contribution in [2.45, 2.75) is 33.6 Å². The zero-order valence-electron chi connectivity index (χ0n) is 66.5. The predicted molar refractivity (Wildman–Crippen MR) is 502 cm³/mol. The molecule has 0 saturated carbocycles. The number of para-hydroxylation sites is 7. The molecule has 0 fully saturated rings. The molecule has 3 aromatic heterocycles. The largest absolute Gasteiger partial charge is 0.310 e. The summed E-state index contributed by atoms with van der Waals surface area (Å²) in [5.74, 6) is 0. The van der Waals surface area contributed by atoms with Crippen LogP contribution in [0.2, 0.25) is 0 Å². The first-order valence-corrected chi connectivity index (χ1v) is 41.1. The maximum absolute atomic E-state index is 2.44. The molecular weight excluding hydrogens is 1450 g/mol. The van der Waals surface area contributed by atoms with E-state index in [9.17, 15) is 0 Å². The van der Waals surface area contributed by atoms with Crippen molar-refractivity contribution in [2.75, 3.05) is 24.5 Å². The third-order valence-corrected chi connectivity index (χ3v) is 23.5. The maximum Gasteiger partial charge on any atom is 0.0541 e. The Morgan fingerprint density at radius 1 is 0.202 bits per heavy atom. The van der Waals surface area contributed by atoms with Crippen molar-refractivity contribution >= 4 is 146 Å². The van der Waals surface area contributed by atoms with Crippen LogP contribution in [0.4, 0.5) is 85.3 Å². The van der Waals surface area contributed by atoms with Crippen molar-refractivity contribution in [1.29, 1.82) is 0 Å². The Balaban J connectivity index is 0.625. The van der Waals surface area contributed by atoms with Gasteiger partial charge in [-0.1, -0.05) is 170 Å². The van der Waals surface area contributed by atoms with Gasteiger partial charge in [0.2, 0.25) is 0 Å². The summed E-state index contributed by atoms with van der Waals surface area (Å²) in [5, 5.41) is 6.20. The normalized spacial score (nSPS) is 11.9. The van der Waals surface area contributed by atoms with Gasteiger partial charge in [-0.25, -0.2) is 0 Å². The second kappa shape index (κ2) is 30.4. The molecule has 1 aliphatic carbocycles. The summed E-state index contributed by atoms with van der Waals surface area (Å²) in [6, 6.07) is 153. The number of allylic oxidation sites excluding steroid dienone is 1. The SMILES string of the molecule is Cc1cccc(N(c2ccccc2)c2ccc(N(c3ccc(N(c4ccccc4)c4cccc(C)c4)cc3)c3ccc(N(c4ccccc4)c4cc(C)cc(-c5ccc6c(c5)c5ccccc5n6-c5ccc(N(c6ccc(-n7c8c(c9ccccc97)CCC=C8)cc6)c6ccc(-n7c8ccccc8c8ccccc87)cc6)cc5)c4)cc3)cc2)c1. The third kappa shape index (κ3) is 13.2. The molecule has 0 amide bonds. The minimum absolute atomic E-state index is 1.02. The monoisotopic (exact) mass is 1530 g/mol. The predicted octanol–water partition coefficient (Wildman–Crippen LogP) is 30.7. The van der Waals surface area contributed by atoms with E-state index in [4.69, 9.17) is 0 Å². The Hall–Kier alpha value is -15.4. The van der Waals surface area contributed by atoms with Gasteiger partial charge in [0.05, 0.1) is 27.6 Å². The Morgan fingerprint density at radius 2 is 0.504 bits per heavy atom. The molecule has 3 heterocycles. The molecule has 8 nitrogen and oxygen atoms in total. The molecule has 0 atom stereocenters. The van der Waals surface area contributed by atoms with Gasteiger partial charge in [-0.15, -0.1) is 0 Å². The third-order valence-electron chi connectivity index (χ3n) is 23.5. The standard InChI is InChI=1S/C111H84N8/c1-77-25-23-33-97(72-77)114(82-27-7-4-8-28-82)91-52-46-85(47-53-91)112(86-48-54-92(55-49-86)115(83-29-9-5-10-30-83)98-34-24-26-78(2)73-98)87-50-56-93(57-51-87)116(84-31-11-6-12-32-84)99-74-79(3)71-81(75-99)80-45-70-111-105(76-80)104-39-17-22-44-110(104)119(111)96-68-62-90(63-69-96)113(88-58-64-94(65-59-88)117-106-40-18-13-35-100(106)101-36-14-19-41-107(101)117)89-60-66-95(67-61-89)118-108-42-20-15-37-102(108)103-38-16-21-43-109(103)118/h4-15,17-37,39-76H,16,38H2,1-3H3. The van der Waals surface area contributed by atoms with Gasteiger partial charge in [0.1, 0.15) is 0 Å². The van der Waals surface area contributed by atoms with E-state index in [-0.39, 0.29) is 0 Å². The Kier molecular flexibility index (Phi) is 18.3. The highest BCUT2D eigenvalue weighted by Gasteiger charge is 2.25. The van der Waals surface area contributed by atoms with E-state index < -0.39 is 0 Å². The molecule has 568 valence electrons. The number of hydrogen-bond acceptors (Lipinski definition) is 5. The molecule has 8 heteroatoms. The zero-order chi connectivity index (χ0) is 79.4. The lowest BCUT2D eigenvalue weighted by molar-refractivity contribution is 0.967. The van der Waals surface area contributed by atoms with Gasteiger partial charge in [-0.3, -0.25) is 0 Å². The summed E-state index contributed by atoms with van der Waals surface area (Å²) in [6.07, 6.45) is 6.72. The van der Waals surface area contributed by atoms with E-state index in [2.05, 4.69) is 490 Å². The molecule has 0 bridgehead atoms. The maximum atomic E-state index is 2.44. The van der Waals surface area contributed by atoms with E-state index >= 15 is 0 Å². The second-order valence-electron chi connectivity index (χ2n) is 31.1. The van der Waals surface area contributed by atoms with Crippen LogP contribution in [-0.2, 0) is 6.42 Å². The van der Waals surface area contributed by atoms with E-state index in [1.165, 1.54) is 65.9 Å². The summed E-state index contributed by atoms with van der Waals surface area (Å²) in [4.78, 5) is 11.8. The number of benzene rings is 17. The van der Waals surface area contributed by atoms with E-state index in [0.29, 0.717) is 0 Å². The first-order chi connectivity index (χ1) is 58.7. The number of hydrogen-bond donors (Lipinski definition) is 0. The summed E-state index contributed by atoms with van der Waals surface area (Å²) < 4.78 is 7.26. The van der Waals surface area contributed by atoms with Gasteiger partial charge in [0.25, 0.3) is 0 Å². The van der Waals surface area contributed by atoms with Crippen LogP contribution in [0.1, 0.15) is 34.4 Å². The topological polar surface area (TPSA) is 31.0 Å². The van der Waals surface area contributed by atoms with Gasteiger partial charge < -0.3 is 38.2 Å². The lowest BCUT2D eigenvalue weighted by Crippen LogP contribution is -2.14. The molecule has 20 aromatic rings. The molecule has 17 aromatic carbocycles. The summed E-state index contributed by atoms with van der Waals surface area (Å²) in [7, 11) is 0. The number of anilines is 15. The van der Waals surface area contributed by atoms with Crippen molar-refractivity contribution in [3.05, 3.63) is 453 Å². The fourth-order valence-corrected chi connectivity index (χ4v) is 18.2. The summed E-state index contributed by atoms with van der Waals surface area (Å²) >= 11 is 0. The van der Waals surface area contributed by atoms with Crippen LogP contribution in [0, 0.1) is 20.8 Å². The van der Waals surface area contributed by atoms with Crippen LogP contribution < -0.4 is 24.5 Å². The second-order valence-corrected chi connectivity index (χ2v) is 31.1. The summed E-state index contributed by atoms with van der Waals surface area (Å²) in [6.45, 7) is 6.52. The van der Waals surface area contributed by atoms with Crippen LogP contribution >= 0.6 is 0 Å². The zero-order valence-corrected chi connectivity index (χ0v) is 66.5. The Labute approximate surface area is 694 Å². The van der Waals surface area contributed by atoms with E-state index in [1.54, 1.807) is 0 Å². The van der Waals surface area contributed by atoms with Crippen molar-refractivity contribution in [1.82, 2.24) is 13.7 Å². The van der Waals surface area contributed by atoms with Crippen molar-refractivity contribution in [3.63, 3.8) is 0 Å². The molecule has 0 unspecified atom stereocenters. The Bertz CT molecular complexity index is 6980. The molecule has 1 aliphatic rings. The van der Waals surface area contributed by atoms with Crippen LogP contribution in [0.3, 0.4) is 0 Å². The lowest BCUT2D eigenvalue weighted by atomic mass is 9.99. The van der Waals surface area contributed by atoms with Gasteiger partial charge in [0, 0.05) is 135 Å². The van der Waals surface area contributed by atoms with Gasteiger partial charge in [-0.2, -0.15) is 0 Å². The molecule has 21 rings (SSSR count). The molecule has 119 heavy (non-hydrogen) atoms. The van der Waals surface area contributed by atoms with Crippen molar-refractivity contribution < 1.29 is 0 Å². The highest BCUT2D eigenvalue weighted by atomic mass is 15.2. The molecule has 0 radical (unpaired) electrons. The highest BCUT2D eigenvalue weighted by Crippen LogP contribution is 2.47. The van der Waals surface area contributed by atoms with Gasteiger partial charge >= 0.3 is 0 Å². The molecule has 0 saturated heterocycles. The van der Waals surface area contributed by atoms with Crippen LogP contribution in [0.5, 0.6) is 0 Å². The average molecular weight is 1530 g/mol. The minimum atomic E-state index is 1.02. The van der Waals surface area contributed by atoms with Gasteiger partial charge in [0.15, 0.2) is 0 Å². The molecule has 0 aliphatic heterocycles. The van der Waals surface area contributed by atoms with E-state index in [1.807, 2.05) is 0 Å². The van der Waals surface area contributed by atoms with Crippen molar-refractivity contribution in [2.24, 2.45) is 0 Å². The molecular formula is C111H84N8. The van der Waals surface area contributed by atoms with Crippen LogP contribution in [-0.4, -0.2) is 13.7 Å². The number of fused-ring (bicyclic) bond motifs is 9. The smallest absolute Gasteiger partial charge is 0.0541 e. The fourth-order valence-electron chi connectivity index (χ4n) is 18.2. The number of aryl methyl sites for hydroxylation is 4. The number of rotatable bonds is 19. The first kappa shape index (κ1) is 71.4. The average Bonchev–Trinajstić information content (AvgIpc) is 1.61.